The van der Waals surface area contributed by atoms with Gasteiger partial charge >= 0.3 is 18.0 Å². The molecular weight excluding hydrogens is 681 g/mol. The van der Waals surface area contributed by atoms with Crippen molar-refractivity contribution in [1.82, 2.24) is 10.5 Å². The first-order chi connectivity index (χ1) is 24.3. The van der Waals surface area contributed by atoms with Gasteiger partial charge < -0.3 is 24.8 Å². The molecule has 2 amide bonds. The van der Waals surface area contributed by atoms with E-state index in [9.17, 15) is 28.7 Å². The third-order valence-corrected chi connectivity index (χ3v) is 8.10. The van der Waals surface area contributed by atoms with Crippen LogP contribution in [-0.2, 0) is 20.7 Å². The minimum absolute atomic E-state index is 0.150. The number of hydrogen-bond donors (Lipinski definition) is 4. The Balaban J connectivity index is 0.000000411. The van der Waals surface area contributed by atoms with Gasteiger partial charge in [0.05, 0.1) is 5.92 Å². The number of carboxylic acids is 2. The van der Waals surface area contributed by atoms with Crippen molar-refractivity contribution in [3.05, 3.63) is 142 Å². The van der Waals surface area contributed by atoms with E-state index in [1.807, 2.05) is 18.2 Å². The average molecular weight is 716 g/mol. The molecule has 4 aromatic carbocycles. The van der Waals surface area contributed by atoms with Gasteiger partial charge in [0.2, 0.25) is 0 Å². The summed E-state index contributed by atoms with van der Waals surface area (Å²) in [6.07, 6.45) is -1.17. The molecule has 11 nitrogen and oxygen atoms in total. The highest BCUT2D eigenvalue weighted by Gasteiger charge is 2.23. The molecule has 0 radical (unpaired) electrons. The monoisotopic (exact) mass is 715 g/mol. The van der Waals surface area contributed by atoms with Crippen LogP contribution in [0, 0.1) is 12.7 Å². The Morgan fingerprint density at radius 3 is 2.10 bits per heavy atom. The molecule has 3 atom stereocenters. The average Bonchev–Trinajstić information content (AvgIpc) is 3.47. The van der Waals surface area contributed by atoms with Crippen LogP contribution in [0.2, 0.25) is 5.02 Å². The van der Waals surface area contributed by atoms with Crippen molar-refractivity contribution >= 4 is 41.2 Å². The molecule has 0 aliphatic carbocycles. The highest BCUT2D eigenvalue weighted by atomic mass is 35.5. The molecule has 0 spiro atoms. The van der Waals surface area contributed by atoms with Crippen LogP contribution in [-0.4, -0.2) is 45.4 Å². The lowest BCUT2D eigenvalue weighted by Crippen LogP contribution is -2.42. The van der Waals surface area contributed by atoms with Gasteiger partial charge in [0.15, 0.2) is 5.76 Å². The summed E-state index contributed by atoms with van der Waals surface area (Å²) in [6, 6.07) is 26.8. The van der Waals surface area contributed by atoms with Crippen LogP contribution in [0.1, 0.15) is 58.6 Å². The fourth-order valence-corrected chi connectivity index (χ4v) is 5.12. The Hall–Kier alpha value is -6.01. The van der Waals surface area contributed by atoms with Gasteiger partial charge in [0.25, 0.3) is 5.91 Å². The van der Waals surface area contributed by atoms with E-state index >= 15 is 0 Å². The Bertz CT molecular complexity index is 1970. The van der Waals surface area contributed by atoms with E-state index < -0.39 is 42.0 Å². The third-order valence-electron chi connectivity index (χ3n) is 7.75. The summed E-state index contributed by atoms with van der Waals surface area (Å²) in [5.74, 6) is -3.22. The molecule has 5 rings (SSSR count). The number of carbonyl (C=O) groups excluding carboxylic acids is 2. The molecule has 264 valence electrons. The van der Waals surface area contributed by atoms with Crippen molar-refractivity contribution in [3.63, 3.8) is 0 Å². The van der Waals surface area contributed by atoms with Gasteiger partial charge in [-0.3, -0.25) is 14.9 Å². The number of halogens is 2. The Kier molecular flexibility index (Phi) is 13.0. The number of aliphatic carboxylic acids is 2. The number of nitrogens with one attached hydrogen (secondary N) is 2. The molecule has 1 aromatic heterocycles. The highest BCUT2D eigenvalue weighted by Crippen LogP contribution is 2.32. The van der Waals surface area contributed by atoms with Crippen LogP contribution < -0.4 is 10.6 Å². The second-order valence-electron chi connectivity index (χ2n) is 11.4. The van der Waals surface area contributed by atoms with Gasteiger partial charge in [0.1, 0.15) is 29.3 Å². The second kappa shape index (κ2) is 17.6. The van der Waals surface area contributed by atoms with Crippen LogP contribution in [0.15, 0.2) is 108 Å². The van der Waals surface area contributed by atoms with E-state index in [2.05, 4.69) is 15.8 Å². The van der Waals surface area contributed by atoms with E-state index in [4.69, 9.17) is 26.0 Å². The van der Waals surface area contributed by atoms with Crippen molar-refractivity contribution < 1.29 is 43.0 Å². The summed E-state index contributed by atoms with van der Waals surface area (Å²) >= 11 is 6.20. The molecule has 0 aliphatic heterocycles. The molecule has 0 bridgehead atoms. The zero-order chi connectivity index (χ0) is 37.1. The van der Waals surface area contributed by atoms with Gasteiger partial charge in [-0.2, -0.15) is 0 Å². The summed E-state index contributed by atoms with van der Waals surface area (Å²) in [6.45, 7) is 4.94. The Labute approximate surface area is 298 Å². The highest BCUT2D eigenvalue weighted by molar-refractivity contribution is 6.31. The largest absolute Gasteiger partial charge is 0.481 e. The maximum atomic E-state index is 12.8. The maximum absolute atomic E-state index is 12.8. The number of carbonyl (C=O) groups is 4. The van der Waals surface area contributed by atoms with Crippen molar-refractivity contribution in [2.45, 2.75) is 45.3 Å². The minimum atomic E-state index is -1.13. The van der Waals surface area contributed by atoms with Crippen molar-refractivity contribution in [3.8, 4) is 11.3 Å². The molecule has 5 aromatic rings. The van der Waals surface area contributed by atoms with Crippen LogP contribution in [0.4, 0.5) is 14.9 Å². The van der Waals surface area contributed by atoms with E-state index in [1.165, 1.54) is 36.4 Å². The van der Waals surface area contributed by atoms with E-state index in [1.54, 1.807) is 69.3 Å². The van der Waals surface area contributed by atoms with Gasteiger partial charge in [-0.25, -0.2) is 14.0 Å². The molecule has 0 fully saturated rings. The predicted octanol–water partition coefficient (Wildman–Crippen LogP) is 8.05. The summed E-state index contributed by atoms with van der Waals surface area (Å²) < 4.78 is 23.3. The number of nitrogens with zero attached hydrogens (tertiary/aromatic N) is 1. The van der Waals surface area contributed by atoms with Crippen molar-refractivity contribution in [1.29, 1.82) is 0 Å². The Morgan fingerprint density at radius 2 is 1.49 bits per heavy atom. The molecule has 51 heavy (non-hydrogen) atoms. The summed E-state index contributed by atoms with van der Waals surface area (Å²) in [5.41, 5.74) is 3.62. The first-order valence-electron chi connectivity index (χ1n) is 15.7. The minimum Gasteiger partial charge on any atom is -0.481 e. The number of carboxylic acid groups (broad SMARTS) is 2. The smallest absolute Gasteiger partial charge is 0.412 e. The molecule has 3 unspecified atom stereocenters. The topological polar surface area (TPSA) is 168 Å². The zero-order valence-electron chi connectivity index (χ0n) is 27.8. The number of aryl methyl sites for hydroxylation is 1. The number of amides is 2. The Morgan fingerprint density at radius 1 is 0.863 bits per heavy atom. The lowest BCUT2D eigenvalue weighted by atomic mass is 10.0. The number of rotatable bonds is 11. The lowest BCUT2D eigenvalue weighted by Gasteiger charge is -2.15. The predicted molar refractivity (Wildman–Crippen MR) is 188 cm³/mol. The van der Waals surface area contributed by atoms with Crippen LogP contribution in [0.3, 0.4) is 0 Å². The van der Waals surface area contributed by atoms with Gasteiger partial charge in [0, 0.05) is 28.1 Å². The zero-order valence-corrected chi connectivity index (χ0v) is 28.6. The van der Waals surface area contributed by atoms with Crippen LogP contribution >= 0.6 is 11.6 Å². The van der Waals surface area contributed by atoms with E-state index in [-0.39, 0.29) is 23.6 Å². The normalized spacial score (nSPS) is 12.3. The van der Waals surface area contributed by atoms with Crippen LogP contribution in [0.5, 0.6) is 0 Å². The number of benzene rings is 4. The number of hydrogen-bond acceptors (Lipinski definition) is 7. The van der Waals surface area contributed by atoms with Crippen LogP contribution in [0.25, 0.3) is 11.3 Å². The maximum Gasteiger partial charge on any atom is 0.412 e. The lowest BCUT2D eigenvalue weighted by molar-refractivity contribution is -0.139. The molecule has 1 heterocycles. The molecule has 0 saturated heterocycles. The van der Waals surface area contributed by atoms with E-state index in [0.29, 0.717) is 33.1 Å². The first kappa shape index (κ1) is 37.8. The molecule has 0 aliphatic rings. The van der Waals surface area contributed by atoms with Crippen molar-refractivity contribution in [2.75, 3.05) is 5.32 Å². The number of aromatic nitrogens is 1. The standard InChI is InChI=1S/C29H26ClN3O6.C9H9FO2/c1-17-25(32-29(37)38-18(2)22-10-6-7-11-23(22)30)26(39-33-17)20-12-14-21(15-13-20)27(34)31-24(28(35)36)16-19-8-4-3-5-9-19;1-6(9(11)12)7-2-4-8(10)5-3-7/h3-15,18,24H,16H2,1-2H3,(H,31,34)(H,32,37)(H,35,36);2-6H,1H3,(H,11,12). The number of anilines is 1. The van der Waals surface area contributed by atoms with Gasteiger partial charge in [-0.1, -0.05) is 89.6 Å². The number of ether oxygens (including phenoxy) is 1. The molecular formula is C38H35ClFN3O8. The summed E-state index contributed by atoms with van der Waals surface area (Å²) in [7, 11) is 0. The fraction of sp³-hybridized carbons (Fsp3) is 0.184. The van der Waals surface area contributed by atoms with Crippen molar-refractivity contribution in [2.24, 2.45) is 0 Å². The third kappa shape index (κ3) is 10.5. The summed E-state index contributed by atoms with van der Waals surface area (Å²) in [5, 5.41) is 27.8. The van der Waals surface area contributed by atoms with Gasteiger partial charge in [-0.05, 0) is 62.2 Å². The fourth-order valence-electron chi connectivity index (χ4n) is 4.83. The quantitative estimate of drug-likeness (QED) is 0.106. The van der Waals surface area contributed by atoms with E-state index in [0.717, 1.165) is 5.56 Å². The molecule has 4 N–H and O–H groups in total. The first-order valence-corrected chi connectivity index (χ1v) is 16.1. The molecule has 0 saturated carbocycles. The SMILES string of the molecule is CC(C(=O)O)c1ccc(F)cc1.Cc1noc(-c2ccc(C(=O)NC(Cc3ccccc3)C(=O)O)cc2)c1NC(=O)OC(C)c1ccccc1Cl. The second-order valence-corrected chi connectivity index (χ2v) is 11.8. The van der Waals surface area contributed by atoms with Gasteiger partial charge in [-0.15, -0.1) is 0 Å². The molecule has 13 heteroatoms. The summed E-state index contributed by atoms with van der Waals surface area (Å²) in [4.78, 5) is 47.6.